The Bertz CT molecular complexity index is 482. The first-order valence-electron chi connectivity index (χ1n) is 7.45. The maximum Gasteiger partial charge on any atom is 0.296 e. The van der Waals surface area contributed by atoms with Crippen molar-refractivity contribution in [1.82, 2.24) is 0 Å². The van der Waals surface area contributed by atoms with Gasteiger partial charge in [0, 0.05) is 0 Å². The Morgan fingerprint density at radius 3 is 2.26 bits per heavy atom. The van der Waals surface area contributed by atoms with Gasteiger partial charge in [0.1, 0.15) is 0 Å². The quantitative estimate of drug-likeness (QED) is 0.507. The molecule has 0 heterocycles. The van der Waals surface area contributed by atoms with Gasteiger partial charge < -0.3 is 0 Å². The first-order chi connectivity index (χ1) is 9.45. The summed E-state index contributed by atoms with van der Waals surface area (Å²) in [5.41, 5.74) is 0.988. The number of hydrogen-bond acceptors (Lipinski definition) is 3. The van der Waals surface area contributed by atoms with E-state index in [1.54, 1.807) is 12.1 Å². The minimum absolute atomic E-state index is 0.117. The van der Waals surface area contributed by atoms with Gasteiger partial charge in [-0.15, -0.1) is 0 Å². The van der Waals surface area contributed by atoms with Crippen molar-refractivity contribution in [3.8, 4) is 0 Å². The summed E-state index contributed by atoms with van der Waals surface area (Å²) in [6, 6.07) is 6.47. The molecule has 1 aromatic carbocycles. The second-order valence-electron chi connectivity index (χ2n) is 4.73. The molecule has 0 bridgehead atoms. The van der Waals surface area contributed by atoms with Gasteiger partial charge in [0.2, 0.25) is 0 Å². The Kier molecular flexibility index (Phi) is 6.37. The Balaban J connectivity index is 2.43. The molecule has 0 aliphatic carbocycles. The predicted octanol–water partition coefficient (Wildman–Crippen LogP) is 4.06. The van der Waals surface area contributed by atoms with Gasteiger partial charge in [0.05, 0.1) is 12.8 Å². The highest BCUT2D eigenvalue weighted by Gasteiger charge is 2.13. The first kappa shape index (κ1) is 14.5. The third-order valence-corrected chi connectivity index (χ3v) is 4.17. The van der Waals surface area contributed by atoms with Crippen LogP contribution in [0, 0.1) is 6.92 Å². The van der Waals surface area contributed by atoms with E-state index in [0.717, 1.165) is 24.8 Å². The topological polar surface area (TPSA) is 43.4 Å². The number of benzene rings is 1. The van der Waals surface area contributed by atoms with E-state index < -0.39 is 16.7 Å². The van der Waals surface area contributed by atoms with Crippen LogP contribution in [-0.4, -0.2) is 15.0 Å². The van der Waals surface area contributed by atoms with E-state index in [4.69, 9.17) is 5.55 Å². The van der Waals surface area contributed by atoms with E-state index in [1.165, 1.54) is 25.0 Å². The van der Waals surface area contributed by atoms with Gasteiger partial charge in [-0.25, -0.2) is 0 Å². The normalized spacial score (nSPS) is 14.1. The molecule has 108 valence electrons. The lowest BCUT2D eigenvalue weighted by molar-refractivity contribution is 0.306. The van der Waals surface area contributed by atoms with Crippen molar-refractivity contribution in [1.29, 1.82) is 0 Å². The fraction of sp³-hybridized carbons (Fsp3) is 0.600. The van der Waals surface area contributed by atoms with Crippen molar-refractivity contribution in [2.75, 3.05) is 6.58 Å². The summed E-state index contributed by atoms with van der Waals surface area (Å²) >= 11 is 0. The summed E-state index contributed by atoms with van der Waals surface area (Å²) in [5.74, 6) is 0. The Hall–Kier alpha value is -0.870. The highest BCUT2D eigenvalue weighted by molar-refractivity contribution is 7.86. The van der Waals surface area contributed by atoms with E-state index in [9.17, 15) is 8.42 Å². The van der Waals surface area contributed by atoms with E-state index in [0.29, 0.717) is 6.42 Å². The summed E-state index contributed by atoms with van der Waals surface area (Å²) in [5, 5.41) is 0. The zero-order valence-corrected chi connectivity index (χ0v) is 12.6. The largest absolute Gasteiger partial charge is 0.296 e. The average molecular weight is 285 g/mol. The van der Waals surface area contributed by atoms with Gasteiger partial charge in [-0.1, -0.05) is 56.7 Å². The Labute approximate surface area is 118 Å². The van der Waals surface area contributed by atoms with Gasteiger partial charge in [-0.2, -0.15) is 8.42 Å². The molecule has 0 saturated heterocycles. The molecule has 1 aromatic rings. The van der Waals surface area contributed by atoms with Crippen LogP contribution < -0.4 is 0 Å². The van der Waals surface area contributed by atoms with E-state index in [1.807, 2.05) is 6.92 Å². The highest BCUT2D eigenvalue weighted by Crippen LogP contribution is 2.14. The van der Waals surface area contributed by atoms with Crippen molar-refractivity contribution >= 4 is 10.1 Å². The van der Waals surface area contributed by atoms with Gasteiger partial charge >= 0.3 is 0 Å². The molecular weight excluding hydrogens is 260 g/mol. The molecule has 3 nitrogen and oxygen atoms in total. The lowest BCUT2D eigenvalue weighted by Crippen LogP contribution is -2.07. The smallest absolute Gasteiger partial charge is 0.266 e. The van der Waals surface area contributed by atoms with E-state index in [-0.39, 0.29) is 4.90 Å². The molecule has 1 atom stereocenters. The lowest BCUT2D eigenvalue weighted by Gasteiger charge is -2.06. The highest BCUT2D eigenvalue weighted by atomic mass is 32.2. The summed E-state index contributed by atoms with van der Waals surface area (Å²) in [4.78, 5) is 0.117. The molecule has 0 amide bonds. The molecule has 0 N–H and O–H groups in total. The zero-order valence-electron chi connectivity index (χ0n) is 12.8. The minimum Gasteiger partial charge on any atom is -0.266 e. The number of aryl methyl sites for hydroxylation is 1. The molecule has 19 heavy (non-hydrogen) atoms. The summed E-state index contributed by atoms with van der Waals surface area (Å²) < 4.78 is 36.5. The Morgan fingerprint density at radius 2 is 1.63 bits per heavy atom. The summed E-state index contributed by atoms with van der Waals surface area (Å²) in [7, 11) is -3.81. The van der Waals surface area contributed by atoms with Crippen LogP contribution >= 0.6 is 0 Å². The summed E-state index contributed by atoms with van der Waals surface area (Å²) in [6.45, 7) is 3.02. The molecule has 0 spiro atoms. The van der Waals surface area contributed by atoms with Crippen LogP contribution in [0.4, 0.5) is 0 Å². The molecule has 0 aliphatic rings. The second-order valence-corrected chi connectivity index (χ2v) is 6.31. The van der Waals surface area contributed by atoms with Crippen LogP contribution in [0.2, 0.25) is 0 Å². The number of hydrogen-bond donors (Lipinski definition) is 0. The fourth-order valence-corrected chi connectivity index (χ4v) is 2.59. The van der Waals surface area contributed by atoms with Crippen molar-refractivity contribution in [2.45, 2.75) is 57.3 Å². The van der Waals surface area contributed by atoms with Crippen LogP contribution in [0.25, 0.3) is 0 Å². The molecule has 1 rings (SSSR count). The van der Waals surface area contributed by atoms with Crippen molar-refractivity contribution in [3.63, 3.8) is 0 Å². The van der Waals surface area contributed by atoms with Crippen LogP contribution in [0.3, 0.4) is 0 Å². The third-order valence-electron chi connectivity index (χ3n) is 2.93. The summed E-state index contributed by atoms with van der Waals surface area (Å²) in [6.07, 6.45) is 5.80. The Morgan fingerprint density at radius 1 is 1.05 bits per heavy atom. The minimum atomic E-state index is -3.81. The average Bonchev–Trinajstić information content (AvgIpc) is 2.38. The molecule has 0 aliphatic heterocycles. The van der Waals surface area contributed by atoms with E-state index >= 15 is 0 Å². The predicted molar refractivity (Wildman–Crippen MR) is 77.7 cm³/mol. The SMILES string of the molecule is [2H][C@H](CCCCCCC)OS(=O)(=O)c1ccc(C)cc1. The van der Waals surface area contributed by atoms with Crippen LogP contribution in [0.5, 0.6) is 0 Å². The van der Waals surface area contributed by atoms with E-state index in [2.05, 4.69) is 6.92 Å². The van der Waals surface area contributed by atoms with Gasteiger partial charge in [-0.3, -0.25) is 4.18 Å². The van der Waals surface area contributed by atoms with Crippen LogP contribution in [-0.2, 0) is 14.3 Å². The molecule has 0 unspecified atom stereocenters. The molecular formula is C15H24O3S. The standard InChI is InChI=1S/C15H24O3S/c1-3-4-5-6-7-8-13-18-19(16,17)15-11-9-14(2)10-12-15/h9-12H,3-8,13H2,1-2H3/i13D/t13-/m1/s1. The van der Waals surface area contributed by atoms with Crippen LogP contribution in [0.15, 0.2) is 29.2 Å². The fourth-order valence-electron chi connectivity index (χ4n) is 1.73. The molecule has 4 heteroatoms. The maximum atomic E-state index is 11.9. The third kappa shape index (κ3) is 6.21. The van der Waals surface area contributed by atoms with Crippen molar-refractivity contribution in [2.24, 2.45) is 0 Å². The van der Waals surface area contributed by atoms with Gasteiger partial charge in [-0.05, 0) is 25.5 Å². The molecule has 0 radical (unpaired) electrons. The number of rotatable bonds is 9. The van der Waals surface area contributed by atoms with Crippen molar-refractivity contribution < 1.29 is 14.0 Å². The molecule has 0 saturated carbocycles. The maximum absolute atomic E-state index is 11.9. The zero-order chi connectivity index (χ0) is 15.0. The van der Waals surface area contributed by atoms with Gasteiger partial charge in [0.25, 0.3) is 10.1 Å². The van der Waals surface area contributed by atoms with Crippen molar-refractivity contribution in [3.05, 3.63) is 29.8 Å². The molecule has 0 fully saturated rings. The number of unbranched alkanes of at least 4 members (excludes halogenated alkanes) is 4. The second kappa shape index (κ2) is 8.33. The monoisotopic (exact) mass is 285 g/mol. The molecule has 0 aromatic heterocycles. The van der Waals surface area contributed by atoms with Gasteiger partial charge in [0.15, 0.2) is 0 Å². The van der Waals surface area contributed by atoms with Crippen LogP contribution in [0.1, 0.15) is 52.4 Å². The first-order valence-corrected chi connectivity index (χ1v) is 8.28. The lowest BCUT2D eigenvalue weighted by atomic mass is 10.1.